The maximum atomic E-state index is 13.3. The average Bonchev–Trinajstić information content (AvgIpc) is 3.21. The van der Waals surface area contributed by atoms with Gasteiger partial charge in [0.25, 0.3) is 0 Å². The van der Waals surface area contributed by atoms with Crippen LogP contribution in [0.15, 0.2) is 91.1 Å². The summed E-state index contributed by atoms with van der Waals surface area (Å²) in [6, 6.07) is 25.5. The molecular weight excluding hydrogens is 366 g/mol. The second-order valence-corrected chi connectivity index (χ2v) is 6.49. The number of Topliss-reactive ketones (excluding diaryl/α,β-unsaturated/α-hetero) is 1. The normalized spacial score (nSPS) is 11.7. The predicted molar refractivity (Wildman–Crippen MR) is 110 cm³/mol. The number of ether oxygens (including phenoxy) is 2. The molecule has 5 nitrogen and oxygen atoms in total. The molecule has 4 rings (SSSR count). The number of aromatic nitrogens is 1. The number of rotatable bonds is 7. The van der Waals surface area contributed by atoms with Crippen LogP contribution in [0, 0.1) is 0 Å². The Morgan fingerprint density at radius 1 is 0.828 bits per heavy atom. The quantitative estimate of drug-likeness (QED) is 0.369. The molecule has 1 heterocycles. The third kappa shape index (κ3) is 4.19. The number of fused-ring (bicyclic) bond motifs is 1. The number of carbonyl (C=O) groups excluding carboxylic acids is 2. The lowest BCUT2D eigenvalue weighted by molar-refractivity contribution is -0.149. The largest absolute Gasteiger partial charge is 0.482 e. The van der Waals surface area contributed by atoms with Crippen molar-refractivity contribution in [3.05, 3.63) is 102 Å². The Labute approximate surface area is 167 Å². The first-order valence-electron chi connectivity index (χ1n) is 9.25. The number of aromatic amines is 1. The first kappa shape index (κ1) is 18.5. The van der Waals surface area contributed by atoms with E-state index in [1.165, 1.54) is 0 Å². The molecule has 1 atom stereocenters. The Morgan fingerprint density at radius 3 is 2.24 bits per heavy atom. The number of ketones is 1. The van der Waals surface area contributed by atoms with E-state index >= 15 is 0 Å². The van der Waals surface area contributed by atoms with E-state index in [2.05, 4.69) is 4.98 Å². The second kappa shape index (κ2) is 8.44. The Bertz CT molecular complexity index is 1120. The maximum absolute atomic E-state index is 13.3. The summed E-state index contributed by atoms with van der Waals surface area (Å²) >= 11 is 0. The van der Waals surface area contributed by atoms with Crippen molar-refractivity contribution in [2.24, 2.45) is 0 Å². The number of H-pyrrole nitrogens is 1. The summed E-state index contributed by atoms with van der Waals surface area (Å²) < 4.78 is 11.0. The van der Waals surface area contributed by atoms with Crippen LogP contribution in [0.1, 0.15) is 22.0 Å². The molecule has 0 saturated heterocycles. The maximum Gasteiger partial charge on any atom is 0.345 e. The van der Waals surface area contributed by atoms with Crippen LogP contribution in [0.4, 0.5) is 0 Å². The summed E-state index contributed by atoms with van der Waals surface area (Å²) in [5.41, 5.74) is 1.93. The molecular formula is C24H19NO4. The van der Waals surface area contributed by atoms with Gasteiger partial charge in [-0.3, -0.25) is 4.79 Å². The minimum Gasteiger partial charge on any atom is -0.482 e. The molecule has 0 saturated carbocycles. The van der Waals surface area contributed by atoms with Gasteiger partial charge in [-0.2, -0.15) is 0 Å². The average molecular weight is 385 g/mol. The van der Waals surface area contributed by atoms with Crippen LogP contribution >= 0.6 is 0 Å². The first-order valence-corrected chi connectivity index (χ1v) is 9.25. The number of hydrogen-bond donors (Lipinski definition) is 1. The minimum absolute atomic E-state index is 0.283. The van der Waals surface area contributed by atoms with E-state index < -0.39 is 12.1 Å². The third-order valence-corrected chi connectivity index (χ3v) is 4.54. The Morgan fingerprint density at radius 2 is 1.48 bits per heavy atom. The summed E-state index contributed by atoms with van der Waals surface area (Å²) in [6.45, 7) is -0.283. The van der Waals surface area contributed by atoms with Crippen LogP contribution in [-0.2, 0) is 9.53 Å². The van der Waals surface area contributed by atoms with E-state index in [0.29, 0.717) is 16.9 Å². The van der Waals surface area contributed by atoms with Crippen LogP contribution < -0.4 is 4.74 Å². The molecule has 0 bridgehead atoms. The molecule has 0 fully saturated rings. The molecule has 29 heavy (non-hydrogen) atoms. The fourth-order valence-corrected chi connectivity index (χ4v) is 3.14. The molecule has 5 heteroatoms. The van der Waals surface area contributed by atoms with E-state index in [0.717, 1.165) is 10.9 Å². The van der Waals surface area contributed by atoms with Gasteiger partial charge in [-0.25, -0.2) is 4.79 Å². The number of hydrogen-bond acceptors (Lipinski definition) is 4. The van der Waals surface area contributed by atoms with Gasteiger partial charge in [0.2, 0.25) is 5.78 Å². The topological polar surface area (TPSA) is 68.4 Å². The van der Waals surface area contributed by atoms with Crippen LogP contribution in [-0.4, -0.2) is 23.3 Å². The van der Waals surface area contributed by atoms with Gasteiger partial charge in [-0.05, 0) is 18.2 Å². The highest BCUT2D eigenvalue weighted by Gasteiger charge is 2.28. The van der Waals surface area contributed by atoms with E-state index in [-0.39, 0.29) is 12.4 Å². The summed E-state index contributed by atoms with van der Waals surface area (Å²) in [4.78, 5) is 28.8. The van der Waals surface area contributed by atoms with Crippen molar-refractivity contribution >= 4 is 22.7 Å². The fourth-order valence-electron chi connectivity index (χ4n) is 3.14. The molecule has 4 aromatic rings. The van der Waals surface area contributed by atoms with Crippen molar-refractivity contribution in [1.29, 1.82) is 0 Å². The summed E-state index contributed by atoms with van der Waals surface area (Å²) in [5.74, 6) is -0.346. The monoisotopic (exact) mass is 385 g/mol. The van der Waals surface area contributed by atoms with Gasteiger partial charge in [0.05, 0.1) is 0 Å². The van der Waals surface area contributed by atoms with Crippen LogP contribution in [0.2, 0.25) is 0 Å². The summed E-state index contributed by atoms with van der Waals surface area (Å²) in [7, 11) is 0. The molecule has 0 aliphatic carbocycles. The van der Waals surface area contributed by atoms with Gasteiger partial charge in [0.1, 0.15) is 5.75 Å². The number of para-hydroxylation sites is 2. The van der Waals surface area contributed by atoms with Gasteiger partial charge < -0.3 is 14.5 Å². The lowest BCUT2D eigenvalue weighted by Gasteiger charge is -2.17. The lowest BCUT2D eigenvalue weighted by atomic mass is 9.99. The van der Waals surface area contributed by atoms with E-state index in [1.54, 1.807) is 42.6 Å². The molecule has 144 valence electrons. The number of esters is 1. The van der Waals surface area contributed by atoms with Crippen LogP contribution in [0.3, 0.4) is 0 Å². The zero-order valence-corrected chi connectivity index (χ0v) is 15.6. The van der Waals surface area contributed by atoms with Gasteiger partial charge >= 0.3 is 5.97 Å². The van der Waals surface area contributed by atoms with Gasteiger partial charge in [0.15, 0.2) is 12.7 Å². The van der Waals surface area contributed by atoms with Crippen molar-refractivity contribution < 1.29 is 19.1 Å². The van der Waals surface area contributed by atoms with Crippen molar-refractivity contribution in [2.75, 3.05) is 6.61 Å². The van der Waals surface area contributed by atoms with E-state index in [1.807, 2.05) is 48.5 Å². The fraction of sp³-hybridized carbons (Fsp3) is 0.0833. The Kier molecular flexibility index (Phi) is 5.38. The second-order valence-electron chi connectivity index (χ2n) is 6.49. The highest BCUT2D eigenvalue weighted by Crippen LogP contribution is 2.27. The smallest absolute Gasteiger partial charge is 0.345 e. The zero-order chi connectivity index (χ0) is 20.1. The number of nitrogens with one attached hydrogen (secondary N) is 1. The Hall–Kier alpha value is -3.86. The molecule has 0 amide bonds. The highest BCUT2D eigenvalue weighted by atomic mass is 16.6. The molecule has 1 aromatic heterocycles. The van der Waals surface area contributed by atoms with Crippen LogP contribution in [0.5, 0.6) is 5.75 Å². The lowest BCUT2D eigenvalue weighted by Crippen LogP contribution is -2.23. The van der Waals surface area contributed by atoms with Gasteiger partial charge in [0, 0.05) is 28.2 Å². The molecule has 0 spiro atoms. The standard InChI is InChI=1S/C24H19NO4/c26-22(16-28-18-11-5-2-6-12-18)29-24(17-9-3-1-4-10-17)23(27)20-15-25-21-14-8-7-13-19(20)21/h1-15,24-25H,16H2/t24-/m0/s1. The van der Waals surface area contributed by atoms with Crippen molar-refractivity contribution in [3.63, 3.8) is 0 Å². The highest BCUT2D eigenvalue weighted by molar-refractivity contribution is 6.10. The SMILES string of the molecule is O=C(COc1ccccc1)O[C@H](C(=O)c1c[nH]c2ccccc12)c1ccccc1. The summed E-state index contributed by atoms with van der Waals surface area (Å²) in [6.07, 6.45) is 0.597. The molecule has 3 aromatic carbocycles. The Balaban J connectivity index is 1.57. The van der Waals surface area contributed by atoms with Crippen LogP contribution in [0.25, 0.3) is 10.9 Å². The van der Waals surface area contributed by atoms with Crippen molar-refractivity contribution in [3.8, 4) is 5.75 Å². The van der Waals surface area contributed by atoms with Crippen molar-refractivity contribution in [2.45, 2.75) is 6.10 Å². The molecule has 0 aliphatic heterocycles. The van der Waals surface area contributed by atoms with E-state index in [4.69, 9.17) is 9.47 Å². The number of carbonyl (C=O) groups is 2. The van der Waals surface area contributed by atoms with Crippen molar-refractivity contribution in [1.82, 2.24) is 4.98 Å². The summed E-state index contributed by atoms with van der Waals surface area (Å²) in [5, 5.41) is 0.787. The zero-order valence-electron chi connectivity index (χ0n) is 15.6. The van der Waals surface area contributed by atoms with Gasteiger partial charge in [-0.15, -0.1) is 0 Å². The number of benzene rings is 3. The molecule has 0 unspecified atom stereocenters. The first-order chi connectivity index (χ1) is 14.2. The molecule has 1 N–H and O–H groups in total. The predicted octanol–water partition coefficient (Wildman–Crippen LogP) is 4.71. The third-order valence-electron chi connectivity index (χ3n) is 4.54. The van der Waals surface area contributed by atoms with E-state index in [9.17, 15) is 9.59 Å². The molecule has 0 aliphatic rings. The minimum atomic E-state index is -1.05. The molecule has 0 radical (unpaired) electrons. The van der Waals surface area contributed by atoms with Gasteiger partial charge in [-0.1, -0.05) is 66.7 Å².